The number of carbonyl (C=O) groups is 5. The number of nitrogens with two attached hydrogens (primary N) is 1. The average molecular weight is 500 g/mol. The van der Waals surface area contributed by atoms with Crippen molar-refractivity contribution in [2.75, 3.05) is 45.3 Å². The van der Waals surface area contributed by atoms with Crippen molar-refractivity contribution in [2.45, 2.75) is 24.5 Å². The van der Waals surface area contributed by atoms with E-state index >= 15 is 0 Å². The number of ketones is 4. The molecule has 3 aliphatic carbocycles. The predicted octanol–water partition coefficient (Wildman–Crippen LogP) is -1.30. The molecule has 1 heterocycles. The number of likely N-dealkylation sites (N-methyl/N-ethyl adjacent to an activating group) is 1. The van der Waals surface area contributed by atoms with Crippen LogP contribution in [0.25, 0.3) is 0 Å². The van der Waals surface area contributed by atoms with Crippen molar-refractivity contribution < 1.29 is 38.9 Å². The summed E-state index contributed by atoms with van der Waals surface area (Å²) in [7, 11) is 3.12. The summed E-state index contributed by atoms with van der Waals surface area (Å²) in [6, 6.07) is 2.03. The van der Waals surface area contributed by atoms with Crippen LogP contribution in [-0.2, 0) is 30.3 Å². The van der Waals surface area contributed by atoms with Crippen LogP contribution in [0.2, 0.25) is 0 Å². The third-order valence-corrected chi connectivity index (χ3v) is 8.27. The van der Waals surface area contributed by atoms with Gasteiger partial charge in [-0.15, -0.1) is 0 Å². The number of hydrogen-bond acceptors (Lipinski definition) is 10. The second-order valence-electron chi connectivity index (χ2n) is 10.3. The summed E-state index contributed by atoms with van der Waals surface area (Å²) in [6.07, 6.45) is 0.273. The van der Waals surface area contributed by atoms with Gasteiger partial charge in [0.2, 0.25) is 5.91 Å². The Morgan fingerprint density at radius 1 is 1.14 bits per heavy atom. The summed E-state index contributed by atoms with van der Waals surface area (Å²) in [5.41, 5.74) is 3.99. The van der Waals surface area contributed by atoms with Crippen molar-refractivity contribution >= 4 is 34.7 Å². The highest BCUT2D eigenvalue weighted by Crippen LogP contribution is 2.51. The average Bonchev–Trinajstić information content (AvgIpc) is 2.81. The second-order valence-corrected chi connectivity index (χ2v) is 10.3. The largest absolute Gasteiger partial charge is 0.507 e. The first-order valence-electron chi connectivity index (χ1n) is 12.0. The molecule has 5 rings (SSSR count). The smallest absolute Gasteiger partial charge is 0.235 e. The summed E-state index contributed by atoms with van der Waals surface area (Å²) >= 11 is 0. The lowest BCUT2D eigenvalue weighted by atomic mass is 9.52. The summed E-state index contributed by atoms with van der Waals surface area (Å²) in [5.74, 6) is -10.4. The molecule has 0 aromatic heterocycles. The van der Waals surface area contributed by atoms with Gasteiger partial charge in [-0.2, -0.15) is 0 Å². The highest BCUT2D eigenvalue weighted by Gasteiger charge is 2.69. The zero-order chi connectivity index (χ0) is 26.1. The second kappa shape index (κ2) is 8.46. The number of carbonyl (C=O) groups excluding carboxylic acids is 5. The highest BCUT2D eigenvalue weighted by molar-refractivity contribution is 6.32. The van der Waals surface area contributed by atoms with Crippen LogP contribution in [0.1, 0.15) is 22.3 Å². The van der Waals surface area contributed by atoms with E-state index in [0.717, 1.165) is 5.69 Å². The van der Waals surface area contributed by atoms with E-state index in [1.807, 2.05) is 0 Å². The molecule has 0 spiro atoms. The first kappa shape index (κ1) is 24.5. The molecule has 1 amide bonds. The molecular weight excluding hydrogens is 470 g/mol. The Balaban J connectivity index is 1.62. The number of anilines is 1. The summed E-state index contributed by atoms with van der Waals surface area (Å²) < 4.78 is 5.43. The number of morpholine rings is 1. The number of rotatable bonds is 3. The number of amides is 1. The lowest BCUT2D eigenvalue weighted by Crippen LogP contribution is -2.74. The van der Waals surface area contributed by atoms with Gasteiger partial charge in [0.1, 0.15) is 5.75 Å². The number of benzene rings is 1. The van der Waals surface area contributed by atoms with Crippen molar-refractivity contribution in [1.82, 2.24) is 4.90 Å². The van der Waals surface area contributed by atoms with Crippen molar-refractivity contribution in [2.24, 2.45) is 29.4 Å². The zero-order valence-corrected chi connectivity index (χ0v) is 20.1. The van der Waals surface area contributed by atoms with E-state index in [-0.39, 0.29) is 24.2 Å². The molecule has 4 aliphatic rings. The van der Waals surface area contributed by atoms with Gasteiger partial charge in [-0.25, -0.2) is 0 Å². The van der Waals surface area contributed by atoms with Gasteiger partial charge in [-0.1, -0.05) is 0 Å². The Morgan fingerprint density at radius 2 is 1.81 bits per heavy atom. The Hall–Kier alpha value is -3.15. The van der Waals surface area contributed by atoms with Crippen molar-refractivity contribution in [3.05, 3.63) is 23.3 Å². The number of aliphatic hydroxyl groups is 1. The fraction of sp³-hybridized carbons (Fsp3) is 0.560. The monoisotopic (exact) mass is 499 g/mol. The molecule has 36 heavy (non-hydrogen) atoms. The minimum absolute atomic E-state index is 0.00517. The van der Waals surface area contributed by atoms with Crippen molar-refractivity contribution in [3.63, 3.8) is 0 Å². The van der Waals surface area contributed by atoms with Gasteiger partial charge in [0, 0.05) is 24.7 Å². The van der Waals surface area contributed by atoms with E-state index in [1.54, 1.807) is 20.2 Å². The van der Waals surface area contributed by atoms with Gasteiger partial charge < -0.3 is 25.6 Å². The number of hydrogen-bond donors (Lipinski definition) is 3. The molecule has 11 nitrogen and oxygen atoms in total. The topological polar surface area (TPSA) is 168 Å². The third-order valence-electron chi connectivity index (χ3n) is 8.27. The molecule has 1 aliphatic heterocycles. The van der Waals surface area contributed by atoms with Crippen LogP contribution >= 0.6 is 0 Å². The van der Waals surface area contributed by atoms with Crippen LogP contribution in [0.5, 0.6) is 5.75 Å². The van der Waals surface area contributed by atoms with Crippen LogP contribution in [-0.4, -0.2) is 96.2 Å². The van der Waals surface area contributed by atoms with Gasteiger partial charge in [-0.3, -0.25) is 28.9 Å². The maximum Gasteiger partial charge on any atom is 0.235 e. The summed E-state index contributed by atoms with van der Waals surface area (Å²) in [4.78, 5) is 69.5. The molecule has 0 radical (unpaired) electrons. The maximum absolute atomic E-state index is 13.8. The lowest BCUT2D eigenvalue weighted by molar-refractivity contribution is -0.181. The number of primary amides is 1. The van der Waals surface area contributed by atoms with E-state index in [0.29, 0.717) is 31.9 Å². The SMILES string of the molecule is CN(C)C1C(=O)C(C(N)=O)C(=O)C2(O)C(=O)C3C(=O)c4c(O)ccc(N5CCOCC5)c4CC3CC12. The molecule has 3 fully saturated rings. The minimum atomic E-state index is -2.71. The van der Waals surface area contributed by atoms with Crippen LogP contribution < -0.4 is 10.6 Å². The van der Waals surface area contributed by atoms with E-state index in [1.165, 1.54) is 11.0 Å². The minimum Gasteiger partial charge on any atom is -0.507 e. The Morgan fingerprint density at radius 3 is 2.42 bits per heavy atom. The van der Waals surface area contributed by atoms with Crippen LogP contribution in [0.15, 0.2) is 12.1 Å². The quantitative estimate of drug-likeness (QED) is 0.425. The third kappa shape index (κ3) is 3.26. The van der Waals surface area contributed by atoms with Gasteiger partial charge in [-0.05, 0) is 50.6 Å². The van der Waals surface area contributed by atoms with E-state index in [2.05, 4.69) is 4.90 Å². The predicted molar refractivity (Wildman–Crippen MR) is 124 cm³/mol. The van der Waals surface area contributed by atoms with Gasteiger partial charge in [0.25, 0.3) is 0 Å². The molecule has 1 saturated heterocycles. The molecule has 192 valence electrons. The van der Waals surface area contributed by atoms with Crippen LogP contribution in [0.3, 0.4) is 0 Å². The Labute approximate surface area is 207 Å². The molecule has 2 saturated carbocycles. The number of fused-ring (bicyclic) bond motifs is 3. The Bertz CT molecular complexity index is 1190. The highest BCUT2D eigenvalue weighted by atomic mass is 16.5. The normalized spacial score (nSPS) is 34.3. The summed E-state index contributed by atoms with van der Waals surface area (Å²) in [6.45, 7) is 2.22. The standard InChI is InChI=1S/C25H29N3O8/c1-27(2)19-13-10-11-9-12-14(28-5-7-36-8-6-28)3-4-15(29)17(12)20(30)16(11)22(32)25(13,35)23(33)18(21(19)31)24(26)34/h3-4,11,13,16,18-19,29,35H,5-10H2,1-2H3,(H2,26,34). The molecule has 6 unspecified atom stereocenters. The fourth-order valence-electron chi connectivity index (χ4n) is 6.69. The zero-order valence-electron chi connectivity index (χ0n) is 20.1. The number of phenols is 1. The fourth-order valence-corrected chi connectivity index (χ4v) is 6.69. The number of phenolic OH excluding ortho intramolecular Hbond substituents is 1. The number of nitrogens with zero attached hydrogens (tertiary/aromatic N) is 2. The van der Waals surface area contributed by atoms with Gasteiger partial charge in [0.05, 0.1) is 30.7 Å². The van der Waals surface area contributed by atoms with Gasteiger partial charge >= 0.3 is 0 Å². The molecule has 11 heteroatoms. The van der Waals surface area contributed by atoms with E-state index < -0.39 is 64.4 Å². The van der Waals surface area contributed by atoms with Crippen LogP contribution in [0.4, 0.5) is 5.69 Å². The Kier molecular flexibility index (Phi) is 5.77. The molecular formula is C25H29N3O8. The van der Waals surface area contributed by atoms with Gasteiger partial charge in [0.15, 0.2) is 34.7 Å². The molecule has 1 aromatic carbocycles. The number of aromatic hydroxyl groups is 1. The first-order valence-corrected chi connectivity index (χ1v) is 12.0. The lowest BCUT2D eigenvalue weighted by Gasteiger charge is -2.52. The van der Waals surface area contributed by atoms with Crippen molar-refractivity contribution in [3.8, 4) is 5.75 Å². The van der Waals surface area contributed by atoms with Crippen LogP contribution in [0, 0.1) is 23.7 Å². The molecule has 1 aromatic rings. The van der Waals surface area contributed by atoms with Crippen molar-refractivity contribution in [1.29, 1.82) is 0 Å². The van der Waals surface area contributed by atoms with E-state index in [4.69, 9.17) is 10.5 Å². The molecule has 0 bridgehead atoms. The summed E-state index contributed by atoms with van der Waals surface area (Å²) in [5, 5.41) is 22.2. The number of ether oxygens (including phenoxy) is 1. The molecule has 6 atom stereocenters. The van der Waals surface area contributed by atoms with E-state index in [9.17, 15) is 34.2 Å². The first-order chi connectivity index (χ1) is 17.0. The number of Topliss-reactive ketones (excluding diaryl/α,β-unsaturated/α-hetero) is 4. The maximum atomic E-state index is 13.8. The molecule has 4 N–H and O–H groups in total.